The smallest absolute Gasteiger partial charge is 0.414 e. The molecule has 8 nitrogen and oxygen atoms in total. The van der Waals surface area contributed by atoms with Crippen LogP contribution in [0.25, 0.3) is 10.1 Å². The molecule has 0 spiro atoms. The zero-order valence-electron chi connectivity index (χ0n) is 11.9. The van der Waals surface area contributed by atoms with Crippen LogP contribution >= 0.6 is 11.3 Å². The summed E-state index contributed by atoms with van der Waals surface area (Å²) in [4.78, 5) is 37.9. The monoisotopic (exact) mass is 342 g/mol. The average Bonchev–Trinajstić information content (AvgIpc) is 2.91. The van der Waals surface area contributed by atoms with Gasteiger partial charge in [-0.15, -0.1) is 11.3 Å². The number of hydrogen-bond donors (Lipinski definition) is 4. The fourth-order valence-electron chi connectivity index (χ4n) is 1.21. The van der Waals surface area contributed by atoms with Gasteiger partial charge in [0.05, 0.1) is 0 Å². The number of carboxylic acid groups (broad SMARTS) is 4. The lowest BCUT2D eigenvalue weighted by Gasteiger charge is -1.82. The maximum Gasteiger partial charge on any atom is 0.414 e. The predicted octanol–water partition coefficient (Wildman–Crippen LogP) is 1.77. The molecule has 0 aliphatic heterocycles. The fraction of sp³-hybridized carbons (Fsp3) is 0.143. The molecule has 23 heavy (non-hydrogen) atoms. The minimum atomic E-state index is -1.82. The standard InChI is InChI=1S/C10H10S.2C2H2O4/c1-2-9-7-8-5-3-4-6-10(8)11-9;2*3-1(4)2(5)6/h3-7H,2H2,1H3;2*(H,3,4)(H,5,6). The number of aliphatic carboxylic acids is 4. The molecular weight excluding hydrogens is 328 g/mol. The highest BCUT2D eigenvalue weighted by Gasteiger charge is 2.04. The molecule has 0 aliphatic rings. The van der Waals surface area contributed by atoms with E-state index in [2.05, 4.69) is 37.3 Å². The molecule has 0 saturated carbocycles. The first-order valence-corrected chi connectivity index (χ1v) is 6.90. The third-order valence-corrected chi connectivity index (χ3v) is 3.45. The van der Waals surface area contributed by atoms with Gasteiger partial charge in [0.25, 0.3) is 0 Å². The van der Waals surface area contributed by atoms with Crippen LogP contribution in [0.5, 0.6) is 0 Å². The highest BCUT2D eigenvalue weighted by molar-refractivity contribution is 7.19. The summed E-state index contributed by atoms with van der Waals surface area (Å²) in [6.07, 6.45) is 1.15. The van der Waals surface area contributed by atoms with E-state index in [1.807, 2.05) is 11.3 Å². The molecule has 2 aromatic rings. The number of fused-ring (bicyclic) bond motifs is 1. The van der Waals surface area contributed by atoms with Gasteiger partial charge >= 0.3 is 23.9 Å². The average molecular weight is 342 g/mol. The summed E-state index contributed by atoms with van der Waals surface area (Å²) in [7, 11) is 0. The van der Waals surface area contributed by atoms with Gasteiger partial charge in [0.1, 0.15) is 0 Å². The van der Waals surface area contributed by atoms with Crippen LogP contribution in [0.2, 0.25) is 0 Å². The summed E-state index contributed by atoms with van der Waals surface area (Å²) in [5.41, 5.74) is 0. The topological polar surface area (TPSA) is 149 Å². The number of aryl methyl sites for hydroxylation is 1. The molecule has 124 valence electrons. The lowest BCUT2D eigenvalue weighted by molar-refractivity contribution is -0.159. The van der Waals surface area contributed by atoms with Crippen LogP contribution in [-0.4, -0.2) is 44.3 Å². The van der Waals surface area contributed by atoms with Gasteiger partial charge < -0.3 is 20.4 Å². The molecule has 0 unspecified atom stereocenters. The van der Waals surface area contributed by atoms with Crippen LogP contribution in [0.15, 0.2) is 30.3 Å². The Labute approximate surface area is 134 Å². The summed E-state index contributed by atoms with van der Waals surface area (Å²) >= 11 is 1.90. The normalized spacial score (nSPS) is 8.91. The Morgan fingerprint density at radius 1 is 0.870 bits per heavy atom. The molecule has 0 amide bonds. The Morgan fingerprint density at radius 3 is 1.65 bits per heavy atom. The van der Waals surface area contributed by atoms with E-state index in [1.165, 1.54) is 15.0 Å². The lowest BCUT2D eigenvalue weighted by Crippen LogP contribution is -2.09. The minimum Gasteiger partial charge on any atom is -0.473 e. The molecule has 0 atom stereocenters. The molecule has 9 heteroatoms. The molecule has 0 aliphatic carbocycles. The molecule has 2 rings (SSSR count). The van der Waals surface area contributed by atoms with Crippen molar-refractivity contribution in [3.63, 3.8) is 0 Å². The van der Waals surface area contributed by atoms with Crippen LogP contribution in [-0.2, 0) is 25.6 Å². The van der Waals surface area contributed by atoms with Crippen molar-refractivity contribution in [1.29, 1.82) is 0 Å². The highest BCUT2D eigenvalue weighted by Crippen LogP contribution is 2.25. The Hall–Kier alpha value is -2.94. The Bertz CT molecular complexity index is 623. The van der Waals surface area contributed by atoms with Crippen molar-refractivity contribution in [3.05, 3.63) is 35.2 Å². The van der Waals surface area contributed by atoms with Crippen molar-refractivity contribution in [2.75, 3.05) is 0 Å². The second-order valence-electron chi connectivity index (χ2n) is 3.82. The van der Waals surface area contributed by atoms with Crippen molar-refractivity contribution in [3.8, 4) is 0 Å². The van der Waals surface area contributed by atoms with E-state index in [4.69, 9.17) is 39.6 Å². The molecule has 0 radical (unpaired) electrons. The van der Waals surface area contributed by atoms with Crippen LogP contribution < -0.4 is 0 Å². The van der Waals surface area contributed by atoms with Gasteiger partial charge in [0.2, 0.25) is 0 Å². The van der Waals surface area contributed by atoms with Crippen molar-refractivity contribution >= 4 is 45.3 Å². The molecule has 1 heterocycles. The van der Waals surface area contributed by atoms with E-state index in [0.717, 1.165) is 6.42 Å². The molecule has 0 fully saturated rings. The number of benzene rings is 1. The zero-order chi connectivity index (χ0) is 18.0. The zero-order valence-corrected chi connectivity index (χ0v) is 12.7. The number of thiophene rings is 1. The molecule has 4 N–H and O–H groups in total. The molecular formula is C14H14O8S. The van der Waals surface area contributed by atoms with E-state index in [1.54, 1.807) is 0 Å². The van der Waals surface area contributed by atoms with Crippen molar-refractivity contribution in [2.24, 2.45) is 0 Å². The van der Waals surface area contributed by atoms with Crippen LogP contribution in [0.4, 0.5) is 0 Å². The molecule has 1 aromatic heterocycles. The van der Waals surface area contributed by atoms with Gasteiger partial charge in [0, 0.05) is 9.58 Å². The van der Waals surface area contributed by atoms with Gasteiger partial charge in [-0.2, -0.15) is 0 Å². The maximum atomic E-state index is 9.10. The van der Waals surface area contributed by atoms with Crippen molar-refractivity contribution in [1.82, 2.24) is 0 Å². The van der Waals surface area contributed by atoms with E-state index < -0.39 is 23.9 Å². The van der Waals surface area contributed by atoms with Crippen LogP contribution in [0, 0.1) is 0 Å². The third-order valence-electron chi connectivity index (χ3n) is 2.19. The van der Waals surface area contributed by atoms with Gasteiger partial charge in [0.15, 0.2) is 0 Å². The first-order valence-electron chi connectivity index (χ1n) is 6.08. The minimum absolute atomic E-state index is 1.15. The molecule has 0 bridgehead atoms. The van der Waals surface area contributed by atoms with E-state index in [0.29, 0.717) is 0 Å². The van der Waals surface area contributed by atoms with Crippen molar-refractivity contribution < 1.29 is 39.6 Å². The molecule has 0 saturated heterocycles. The molecule has 1 aromatic carbocycles. The number of rotatable bonds is 1. The van der Waals surface area contributed by atoms with Gasteiger partial charge in [-0.25, -0.2) is 19.2 Å². The number of hydrogen-bond acceptors (Lipinski definition) is 5. The fourth-order valence-corrected chi connectivity index (χ4v) is 2.22. The first-order chi connectivity index (χ1) is 10.7. The van der Waals surface area contributed by atoms with Crippen molar-refractivity contribution in [2.45, 2.75) is 13.3 Å². The van der Waals surface area contributed by atoms with Crippen LogP contribution in [0.3, 0.4) is 0 Å². The third kappa shape index (κ3) is 8.17. The Kier molecular flexibility index (Phi) is 8.63. The second kappa shape index (κ2) is 9.90. The Balaban J connectivity index is 0.000000349. The highest BCUT2D eigenvalue weighted by atomic mass is 32.1. The summed E-state index contributed by atoms with van der Waals surface area (Å²) in [5.74, 6) is -7.30. The first kappa shape index (κ1) is 20.1. The van der Waals surface area contributed by atoms with E-state index in [9.17, 15) is 0 Å². The SMILES string of the molecule is CCc1cc2ccccc2s1.O=C(O)C(=O)O.O=C(O)C(=O)O. The number of carbonyl (C=O) groups is 4. The Morgan fingerprint density at radius 2 is 1.30 bits per heavy atom. The second-order valence-corrected chi connectivity index (χ2v) is 4.99. The quantitative estimate of drug-likeness (QED) is 0.573. The van der Waals surface area contributed by atoms with Crippen LogP contribution in [0.1, 0.15) is 11.8 Å². The summed E-state index contributed by atoms with van der Waals surface area (Å²) in [6.45, 7) is 2.20. The number of carboxylic acids is 4. The predicted molar refractivity (Wildman–Crippen MR) is 81.7 cm³/mol. The van der Waals surface area contributed by atoms with E-state index >= 15 is 0 Å². The maximum absolute atomic E-state index is 9.10. The summed E-state index contributed by atoms with van der Waals surface area (Å²) in [6, 6.07) is 10.8. The van der Waals surface area contributed by atoms with Gasteiger partial charge in [-0.05, 0) is 23.9 Å². The van der Waals surface area contributed by atoms with Gasteiger partial charge in [-0.3, -0.25) is 0 Å². The lowest BCUT2D eigenvalue weighted by atomic mass is 10.2. The summed E-state index contributed by atoms with van der Waals surface area (Å²) in [5, 5.41) is 30.9. The summed E-state index contributed by atoms with van der Waals surface area (Å²) < 4.78 is 1.41. The van der Waals surface area contributed by atoms with Gasteiger partial charge in [-0.1, -0.05) is 25.1 Å². The van der Waals surface area contributed by atoms with E-state index in [-0.39, 0.29) is 0 Å². The largest absolute Gasteiger partial charge is 0.473 e.